The molecular weight excluding hydrogens is 252 g/mol. The number of amides is 1. The lowest BCUT2D eigenvalue weighted by molar-refractivity contribution is 0.0963. The van der Waals surface area contributed by atoms with Crippen LogP contribution in [-0.4, -0.2) is 29.5 Å². The van der Waals surface area contributed by atoms with Gasteiger partial charge in [-0.05, 0) is 31.0 Å². The highest BCUT2D eigenvalue weighted by Crippen LogP contribution is 2.07. The summed E-state index contributed by atoms with van der Waals surface area (Å²) in [5.74, 6) is 0.756. The molecule has 5 heteroatoms. The van der Waals surface area contributed by atoms with E-state index in [9.17, 15) is 4.79 Å². The van der Waals surface area contributed by atoms with Crippen LogP contribution in [0.5, 0.6) is 0 Å². The summed E-state index contributed by atoms with van der Waals surface area (Å²) in [5.41, 5.74) is 2.73. The normalized spacial score (nSPS) is 10.1. The lowest BCUT2D eigenvalue weighted by Crippen LogP contribution is -2.18. The maximum atomic E-state index is 11.6. The monoisotopic (exact) mass is 270 g/mol. The Morgan fingerprint density at radius 3 is 2.85 bits per heavy atom. The molecule has 2 aromatic rings. The van der Waals surface area contributed by atoms with Crippen molar-refractivity contribution in [1.29, 1.82) is 0 Å². The van der Waals surface area contributed by atoms with Crippen molar-refractivity contribution in [3.05, 3.63) is 53.5 Å². The van der Waals surface area contributed by atoms with Gasteiger partial charge in [0.05, 0.1) is 0 Å². The minimum Gasteiger partial charge on any atom is -0.370 e. The Morgan fingerprint density at radius 2 is 2.10 bits per heavy atom. The Kier molecular flexibility index (Phi) is 4.65. The molecule has 0 saturated carbocycles. The fourth-order valence-electron chi connectivity index (χ4n) is 1.90. The van der Waals surface area contributed by atoms with Crippen LogP contribution >= 0.6 is 0 Å². The first-order chi connectivity index (χ1) is 9.69. The second kappa shape index (κ2) is 6.65. The molecule has 1 aromatic heterocycles. The smallest absolute Gasteiger partial charge is 0.251 e. The van der Waals surface area contributed by atoms with Crippen molar-refractivity contribution >= 4 is 11.7 Å². The summed E-state index contributed by atoms with van der Waals surface area (Å²) in [4.78, 5) is 19.7. The van der Waals surface area contributed by atoms with E-state index in [1.165, 1.54) is 0 Å². The van der Waals surface area contributed by atoms with Crippen molar-refractivity contribution in [1.82, 2.24) is 15.3 Å². The van der Waals surface area contributed by atoms with Crippen LogP contribution in [0.4, 0.5) is 5.82 Å². The Labute approximate surface area is 118 Å². The summed E-state index contributed by atoms with van der Waals surface area (Å²) in [6, 6.07) is 9.53. The summed E-state index contributed by atoms with van der Waals surface area (Å²) >= 11 is 0. The van der Waals surface area contributed by atoms with E-state index < -0.39 is 0 Å². The molecule has 1 amide bonds. The number of hydrogen-bond acceptors (Lipinski definition) is 4. The lowest BCUT2D eigenvalue weighted by atomic mass is 10.1. The number of nitrogens with zero attached hydrogens (tertiary/aromatic N) is 2. The summed E-state index contributed by atoms with van der Waals surface area (Å²) in [7, 11) is 1.63. The van der Waals surface area contributed by atoms with Crippen LogP contribution in [0.2, 0.25) is 0 Å². The molecule has 0 aliphatic rings. The van der Waals surface area contributed by atoms with Crippen molar-refractivity contribution < 1.29 is 4.79 Å². The third kappa shape index (κ3) is 3.78. The minimum absolute atomic E-state index is 0.0637. The molecule has 20 heavy (non-hydrogen) atoms. The molecule has 0 saturated heterocycles. The number of carbonyl (C=O) groups excluding carboxylic acids is 1. The average Bonchev–Trinajstić information content (AvgIpc) is 2.47. The number of carbonyl (C=O) groups is 1. The van der Waals surface area contributed by atoms with Gasteiger partial charge in [0.2, 0.25) is 0 Å². The van der Waals surface area contributed by atoms with Crippen LogP contribution in [0.3, 0.4) is 0 Å². The molecule has 0 bridgehead atoms. The van der Waals surface area contributed by atoms with Crippen molar-refractivity contribution in [3.8, 4) is 0 Å². The van der Waals surface area contributed by atoms with Crippen LogP contribution in [0.15, 0.2) is 36.7 Å². The van der Waals surface area contributed by atoms with E-state index in [0.29, 0.717) is 5.56 Å². The Hall–Kier alpha value is -2.43. The van der Waals surface area contributed by atoms with Crippen LogP contribution in [0.25, 0.3) is 0 Å². The van der Waals surface area contributed by atoms with E-state index in [-0.39, 0.29) is 5.91 Å². The first kappa shape index (κ1) is 14.0. The van der Waals surface area contributed by atoms with Crippen molar-refractivity contribution in [2.24, 2.45) is 0 Å². The van der Waals surface area contributed by atoms with Crippen molar-refractivity contribution in [3.63, 3.8) is 0 Å². The van der Waals surface area contributed by atoms with Gasteiger partial charge >= 0.3 is 0 Å². The van der Waals surface area contributed by atoms with E-state index in [2.05, 4.69) is 20.6 Å². The van der Waals surface area contributed by atoms with Gasteiger partial charge < -0.3 is 10.6 Å². The molecule has 1 aromatic carbocycles. The van der Waals surface area contributed by atoms with E-state index in [4.69, 9.17) is 0 Å². The quantitative estimate of drug-likeness (QED) is 0.869. The van der Waals surface area contributed by atoms with Gasteiger partial charge in [-0.1, -0.05) is 12.1 Å². The van der Waals surface area contributed by atoms with Gasteiger partial charge in [-0.2, -0.15) is 0 Å². The predicted molar refractivity (Wildman–Crippen MR) is 78.8 cm³/mol. The number of nitrogens with one attached hydrogen (secondary N) is 2. The molecule has 0 aliphatic heterocycles. The second-order valence-electron chi connectivity index (χ2n) is 4.50. The summed E-state index contributed by atoms with van der Waals surface area (Å²) < 4.78 is 0. The standard InChI is InChI=1S/C15H18N4O/c1-11-8-14(19-10-18-11)17-7-6-12-4-3-5-13(9-12)15(20)16-2/h3-5,8-10H,6-7H2,1-2H3,(H,16,20)(H,17,18,19). The van der Waals surface area contributed by atoms with Crippen LogP contribution in [-0.2, 0) is 6.42 Å². The van der Waals surface area contributed by atoms with E-state index in [1.54, 1.807) is 13.4 Å². The SMILES string of the molecule is CNC(=O)c1cccc(CCNc2cc(C)ncn2)c1. The van der Waals surface area contributed by atoms with Crippen LogP contribution in [0.1, 0.15) is 21.6 Å². The molecule has 2 rings (SSSR count). The molecule has 1 heterocycles. The lowest BCUT2D eigenvalue weighted by Gasteiger charge is -2.07. The molecule has 5 nitrogen and oxygen atoms in total. The highest BCUT2D eigenvalue weighted by atomic mass is 16.1. The molecule has 0 unspecified atom stereocenters. The average molecular weight is 270 g/mol. The molecule has 0 fully saturated rings. The summed E-state index contributed by atoms with van der Waals surface area (Å²) in [5, 5.41) is 5.87. The van der Waals surface area contributed by atoms with Gasteiger partial charge in [-0.25, -0.2) is 9.97 Å². The third-order valence-electron chi connectivity index (χ3n) is 2.94. The summed E-state index contributed by atoms with van der Waals surface area (Å²) in [6.07, 6.45) is 2.37. The predicted octanol–water partition coefficient (Wildman–Crippen LogP) is 1.80. The first-order valence-electron chi connectivity index (χ1n) is 6.52. The van der Waals surface area contributed by atoms with Crippen molar-refractivity contribution in [2.75, 3.05) is 18.9 Å². The van der Waals surface area contributed by atoms with E-state index >= 15 is 0 Å². The topological polar surface area (TPSA) is 66.9 Å². The molecule has 0 aliphatic carbocycles. The van der Waals surface area contributed by atoms with Crippen LogP contribution in [0, 0.1) is 6.92 Å². The zero-order valence-electron chi connectivity index (χ0n) is 11.7. The van der Waals surface area contributed by atoms with Crippen LogP contribution < -0.4 is 10.6 Å². The molecule has 0 radical (unpaired) electrons. The number of rotatable bonds is 5. The number of benzene rings is 1. The fraction of sp³-hybridized carbons (Fsp3) is 0.267. The zero-order chi connectivity index (χ0) is 14.4. The number of anilines is 1. The Balaban J connectivity index is 1.92. The number of hydrogen-bond donors (Lipinski definition) is 2. The highest BCUT2D eigenvalue weighted by molar-refractivity contribution is 5.94. The van der Waals surface area contributed by atoms with Gasteiger partial charge in [-0.3, -0.25) is 4.79 Å². The Morgan fingerprint density at radius 1 is 1.25 bits per heavy atom. The molecule has 0 atom stereocenters. The van der Waals surface area contributed by atoms with Gasteiger partial charge in [0, 0.05) is 30.9 Å². The van der Waals surface area contributed by atoms with E-state index in [0.717, 1.165) is 30.0 Å². The van der Waals surface area contributed by atoms with Gasteiger partial charge in [0.25, 0.3) is 5.91 Å². The first-order valence-corrected chi connectivity index (χ1v) is 6.52. The highest BCUT2D eigenvalue weighted by Gasteiger charge is 2.03. The maximum absolute atomic E-state index is 11.6. The number of aromatic nitrogens is 2. The van der Waals surface area contributed by atoms with Crippen molar-refractivity contribution in [2.45, 2.75) is 13.3 Å². The molecular formula is C15H18N4O. The Bertz CT molecular complexity index is 598. The fourth-order valence-corrected chi connectivity index (χ4v) is 1.90. The second-order valence-corrected chi connectivity index (χ2v) is 4.50. The zero-order valence-corrected chi connectivity index (χ0v) is 11.7. The number of aryl methyl sites for hydroxylation is 1. The molecule has 2 N–H and O–H groups in total. The van der Waals surface area contributed by atoms with E-state index in [1.807, 2.05) is 37.3 Å². The maximum Gasteiger partial charge on any atom is 0.251 e. The summed E-state index contributed by atoms with van der Waals surface area (Å²) in [6.45, 7) is 2.69. The van der Waals surface area contributed by atoms with Gasteiger partial charge in [0.15, 0.2) is 0 Å². The minimum atomic E-state index is -0.0637. The van der Waals surface area contributed by atoms with Gasteiger partial charge in [0.1, 0.15) is 12.1 Å². The third-order valence-corrected chi connectivity index (χ3v) is 2.94. The molecule has 104 valence electrons. The molecule has 0 spiro atoms. The largest absolute Gasteiger partial charge is 0.370 e. The van der Waals surface area contributed by atoms with Gasteiger partial charge in [-0.15, -0.1) is 0 Å².